The predicted molar refractivity (Wildman–Crippen MR) is 109 cm³/mol. The molecule has 0 saturated carbocycles. The van der Waals surface area contributed by atoms with Crippen molar-refractivity contribution in [2.75, 3.05) is 25.6 Å². The fourth-order valence-electron chi connectivity index (χ4n) is 3.98. The average molecular weight is 391 g/mol. The van der Waals surface area contributed by atoms with E-state index in [9.17, 15) is 4.79 Å². The molecule has 3 N–H and O–H groups in total. The van der Waals surface area contributed by atoms with Gasteiger partial charge in [0.05, 0.1) is 11.9 Å². The largest absolute Gasteiger partial charge is 0.381 e. The number of ether oxygens (including phenoxy) is 1. The van der Waals surface area contributed by atoms with Crippen LogP contribution in [0.3, 0.4) is 0 Å². The third-order valence-corrected chi connectivity index (χ3v) is 5.44. The van der Waals surface area contributed by atoms with Crippen molar-refractivity contribution in [3.8, 4) is 11.3 Å². The number of nitrogens with zero attached hydrogens (tertiary/aromatic N) is 5. The summed E-state index contributed by atoms with van der Waals surface area (Å²) in [7, 11) is 1.80. The van der Waals surface area contributed by atoms with Crippen molar-refractivity contribution in [1.29, 1.82) is 0 Å². The van der Waals surface area contributed by atoms with Crippen molar-refractivity contribution in [3.63, 3.8) is 0 Å². The Balaban J connectivity index is 1.74. The normalized spacial score (nSPS) is 15.2. The zero-order valence-electron chi connectivity index (χ0n) is 16.0. The molecule has 29 heavy (non-hydrogen) atoms. The van der Waals surface area contributed by atoms with Crippen LogP contribution in [-0.2, 0) is 4.74 Å². The van der Waals surface area contributed by atoms with Crippen LogP contribution in [0.4, 0.5) is 5.82 Å². The Kier molecular flexibility index (Phi) is 4.17. The Hall–Kier alpha value is -3.46. The van der Waals surface area contributed by atoms with Crippen molar-refractivity contribution in [1.82, 2.24) is 24.1 Å². The number of anilines is 1. The van der Waals surface area contributed by atoms with Gasteiger partial charge in [0.2, 0.25) is 0 Å². The summed E-state index contributed by atoms with van der Waals surface area (Å²) in [6.07, 6.45) is 7.25. The van der Waals surface area contributed by atoms with Crippen molar-refractivity contribution in [3.05, 3.63) is 42.4 Å². The minimum atomic E-state index is -0.557. The Morgan fingerprint density at radius 2 is 2.14 bits per heavy atom. The molecule has 4 aromatic rings. The van der Waals surface area contributed by atoms with Gasteiger partial charge in [0, 0.05) is 55.7 Å². The first kappa shape index (κ1) is 17.6. The predicted octanol–water partition coefficient (Wildman–Crippen LogP) is 2.24. The number of carbonyl (C=O) groups is 1. The van der Waals surface area contributed by atoms with Crippen molar-refractivity contribution in [2.45, 2.75) is 18.9 Å². The van der Waals surface area contributed by atoms with Gasteiger partial charge < -0.3 is 20.4 Å². The van der Waals surface area contributed by atoms with Gasteiger partial charge in [-0.05, 0) is 25.0 Å². The van der Waals surface area contributed by atoms with Crippen molar-refractivity contribution >= 4 is 28.4 Å². The van der Waals surface area contributed by atoms with E-state index < -0.39 is 5.91 Å². The van der Waals surface area contributed by atoms with E-state index in [2.05, 4.69) is 26.2 Å². The first-order valence-electron chi connectivity index (χ1n) is 9.57. The lowest BCUT2D eigenvalue weighted by molar-refractivity contribution is 0.0706. The number of primary amides is 1. The van der Waals surface area contributed by atoms with E-state index in [1.54, 1.807) is 17.8 Å². The van der Waals surface area contributed by atoms with Gasteiger partial charge in [-0.25, -0.2) is 9.97 Å². The van der Waals surface area contributed by atoms with Gasteiger partial charge in [-0.15, -0.1) is 0 Å². The highest BCUT2D eigenvalue weighted by Gasteiger charge is 2.22. The number of aromatic nitrogens is 5. The number of carbonyl (C=O) groups excluding carboxylic acids is 1. The van der Waals surface area contributed by atoms with Crippen LogP contribution in [0, 0.1) is 0 Å². The van der Waals surface area contributed by atoms with Crippen LogP contribution in [0.5, 0.6) is 0 Å². The summed E-state index contributed by atoms with van der Waals surface area (Å²) >= 11 is 0. The first-order chi connectivity index (χ1) is 14.2. The van der Waals surface area contributed by atoms with E-state index >= 15 is 0 Å². The van der Waals surface area contributed by atoms with Gasteiger partial charge in [0.1, 0.15) is 17.0 Å². The lowest BCUT2D eigenvalue weighted by Gasteiger charge is -2.24. The van der Waals surface area contributed by atoms with E-state index in [-0.39, 0.29) is 5.56 Å². The standard InChI is InChI=1S/C20H21N7O2/c1-22-17-9-16(25-20-14(18(21)28)10-24-27(17)20)15-11-26(12-4-7-29-8-5-12)19-13(15)3-2-6-23-19/h2-3,6,9-12,22H,4-5,7-8H2,1H3,(H2,21,28). The number of rotatable bonds is 4. The van der Waals surface area contributed by atoms with Crippen LogP contribution in [-0.4, -0.2) is 50.3 Å². The monoisotopic (exact) mass is 391 g/mol. The van der Waals surface area contributed by atoms with E-state index in [1.807, 2.05) is 18.2 Å². The summed E-state index contributed by atoms with van der Waals surface area (Å²) in [5.74, 6) is 0.159. The van der Waals surface area contributed by atoms with Crippen molar-refractivity contribution < 1.29 is 9.53 Å². The molecule has 0 aromatic carbocycles. The Labute approximate surface area is 166 Å². The van der Waals surface area contributed by atoms with Gasteiger partial charge in [0.15, 0.2) is 5.65 Å². The molecule has 9 nitrogen and oxygen atoms in total. The van der Waals surface area contributed by atoms with Crippen LogP contribution in [0.1, 0.15) is 29.2 Å². The molecular formula is C20H21N7O2. The number of fused-ring (bicyclic) bond motifs is 2. The summed E-state index contributed by atoms with van der Waals surface area (Å²) in [4.78, 5) is 21.2. The smallest absolute Gasteiger partial charge is 0.254 e. The molecule has 0 radical (unpaired) electrons. The summed E-state index contributed by atoms with van der Waals surface area (Å²) in [6, 6.07) is 6.22. The van der Waals surface area contributed by atoms with Gasteiger partial charge >= 0.3 is 0 Å². The molecule has 4 aromatic heterocycles. The molecule has 1 aliphatic rings. The molecule has 1 fully saturated rings. The molecule has 0 aliphatic carbocycles. The van der Waals surface area contributed by atoms with Crippen LogP contribution in [0.25, 0.3) is 27.9 Å². The summed E-state index contributed by atoms with van der Waals surface area (Å²) in [6.45, 7) is 1.50. The zero-order valence-corrected chi connectivity index (χ0v) is 16.0. The maximum atomic E-state index is 11.8. The topological polar surface area (TPSA) is 112 Å². The highest BCUT2D eigenvalue weighted by atomic mass is 16.5. The highest BCUT2D eigenvalue weighted by molar-refractivity contribution is 6.00. The average Bonchev–Trinajstić information content (AvgIpc) is 3.35. The molecule has 0 atom stereocenters. The molecule has 148 valence electrons. The van der Waals surface area contributed by atoms with Crippen LogP contribution in [0.15, 0.2) is 36.8 Å². The second-order valence-electron chi connectivity index (χ2n) is 7.10. The number of hydrogen-bond donors (Lipinski definition) is 2. The molecule has 1 aliphatic heterocycles. The molecule has 9 heteroatoms. The molecule has 0 unspecified atom stereocenters. The van der Waals surface area contributed by atoms with Gasteiger partial charge in [-0.1, -0.05) is 0 Å². The third kappa shape index (κ3) is 2.82. The molecule has 1 saturated heterocycles. The second-order valence-corrected chi connectivity index (χ2v) is 7.10. The summed E-state index contributed by atoms with van der Waals surface area (Å²) in [5.41, 5.74) is 8.84. The van der Waals surface area contributed by atoms with E-state index in [0.717, 1.165) is 48.3 Å². The van der Waals surface area contributed by atoms with E-state index in [4.69, 9.17) is 15.5 Å². The van der Waals surface area contributed by atoms with Crippen LogP contribution >= 0.6 is 0 Å². The summed E-state index contributed by atoms with van der Waals surface area (Å²) in [5, 5.41) is 8.38. The quantitative estimate of drug-likeness (QED) is 0.552. The molecule has 5 heterocycles. The molecule has 1 amide bonds. The van der Waals surface area contributed by atoms with Gasteiger partial charge in [-0.3, -0.25) is 4.79 Å². The number of hydrogen-bond acceptors (Lipinski definition) is 6. The molecule has 5 rings (SSSR count). The Bertz CT molecular complexity index is 1220. The number of nitrogens with two attached hydrogens (primary N) is 1. The molecule has 0 spiro atoms. The highest BCUT2D eigenvalue weighted by Crippen LogP contribution is 2.34. The number of amides is 1. The van der Waals surface area contributed by atoms with Gasteiger partial charge in [-0.2, -0.15) is 9.61 Å². The van der Waals surface area contributed by atoms with E-state index in [0.29, 0.717) is 17.5 Å². The molecular weight excluding hydrogens is 370 g/mol. The third-order valence-electron chi connectivity index (χ3n) is 5.44. The minimum Gasteiger partial charge on any atom is -0.381 e. The Morgan fingerprint density at radius 3 is 2.90 bits per heavy atom. The lowest BCUT2D eigenvalue weighted by Crippen LogP contribution is -2.19. The lowest BCUT2D eigenvalue weighted by atomic mass is 10.1. The van der Waals surface area contributed by atoms with Crippen LogP contribution in [0.2, 0.25) is 0 Å². The van der Waals surface area contributed by atoms with Crippen molar-refractivity contribution in [2.24, 2.45) is 5.73 Å². The fourth-order valence-corrected chi connectivity index (χ4v) is 3.98. The van der Waals surface area contributed by atoms with E-state index in [1.165, 1.54) is 6.20 Å². The fraction of sp³-hybridized carbons (Fsp3) is 0.300. The molecule has 0 bridgehead atoms. The first-order valence-corrected chi connectivity index (χ1v) is 9.57. The van der Waals surface area contributed by atoms with Crippen LogP contribution < -0.4 is 11.1 Å². The Morgan fingerprint density at radius 1 is 1.31 bits per heavy atom. The number of nitrogens with one attached hydrogen (secondary N) is 1. The minimum absolute atomic E-state index is 0.287. The zero-order chi connectivity index (χ0) is 20.0. The second kappa shape index (κ2) is 6.85. The SMILES string of the molecule is CNc1cc(-c2cn(C3CCOCC3)c3ncccc23)nc2c(C(N)=O)cnn12. The maximum absolute atomic E-state index is 11.8. The maximum Gasteiger partial charge on any atom is 0.254 e. The summed E-state index contributed by atoms with van der Waals surface area (Å²) < 4.78 is 9.33. The number of pyridine rings is 1. The van der Waals surface area contributed by atoms with Gasteiger partial charge in [0.25, 0.3) is 5.91 Å².